The van der Waals surface area contributed by atoms with E-state index in [1.54, 1.807) is 11.3 Å². The van der Waals surface area contributed by atoms with Crippen LogP contribution in [0.1, 0.15) is 88.0 Å². The van der Waals surface area contributed by atoms with Crippen LogP contribution in [0.2, 0.25) is 0 Å². The molecule has 2 aliphatic rings. The summed E-state index contributed by atoms with van der Waals surface area (Å²) in [4.78, 5) is 33.3. The molecular formula is C27H42N4O2S. The van der Waals surface area contributed by atoms with E-state index < -0.39 is 5.54 Å². The number of amides is 2. The molecule has 34 heavy (non-hydrogen) atoms. The van der Waals surface area contributed by atoms with Crippen molar-refractivity contribution in [2.45, 2.75) is 97.2 Å². The minimum atomic E-state index is -0.889. The maximum Gasteiger partial charge on any atom is 0.271 e. The van der Waals surface area contributed by atoms with Gasteiger partial charge in [-0.05, 0) is 64.4 Å². The smallest absolute Gasteiger partial charge is 0.271 e. The lowest BCUT2D eigenvalue weighted by Gasteiger charge is -2.45. The highest BCUT2D eigenvalue weighted by atomic mass is 32.1. The second-order valence-electron chi connectivity index (χ2n) is 10.2. The van der Waals surface area contributed by atoms with Gasteiger partial charge >= 0.3 is 0 Å². The highest BCUT2D eigenvalue weighted by Crippen LogP contribution is 2.36. The van der Waals surface area contributed by atoms with Gasteiger partial charge in [0.15, 0.2) is 0 Å². The van der Waals surface area contributed by atoms with Gasteiger partial charge in [0.25, 0.3) is 5.91 Å². The first-order valence-electron chi connectivity index (χ1n) is 13.4. The van der Waals surface area contributed by atoms with E-state index in [-0.39, 0.29) is 17.9 Å². The number of carbonyl (C=O) groups is 2. The van der Waals surface area contributed by atoms with Crippen molar-refractivity contribution in [3.05, 3.63) is 22.7 Å². The van der Waals surface area contributed by atoms with Crippen LogP contribution in [0.15, 0.2) is 12.1 Å². The Kier molecular flexibility index (Phi) is 8.03. The molecule has 1 atom stereocenters. The van der Waals surface area contributed by atoms with Crippen LogP contribution < -0.4 is 5.32 Å². The Hall–Kier alpha value is -1.86. The summed E-state index contributed by atoms with van der Waals surface area (Å²) in [5.41, 5.74) is 0.938. The van der Waals surface area contributed by atoms with E-state index in [9.17, 15) is 9.59 Å². The summed E-state index contributed by atoms with van der Waals surface area (Å²) in [7, 11) is 0. The molecule has 1 N–H and O–H groups in total. The number of hydrogen-bond donors (Lipinski definition) is 1. The van der Waals surface area contributed by atoms with Crippen LogP contribution >= 0.6 is 11.3 Å². The number of thiophene rings is 1. The molecule has 0 radical (unpaired) electrons. The van der Waals surface area contributed by atoms with Crippen LogP contribution in [0.4, 0.5) is 0 Å². The third-order valence-corrected chi connectivity index (χ3v) is 9.16. The molecule has 0 aromatic carbocycles. The molecule has 1 fully saturated rings. The van der Waals surface area contributed by atoms with Gasteiger partial charge in [0.05, 0.1) is 16.8 Å². The zero-order chi connectivity index (χ0) is 24.3. The maximum absolute atomic E-state index is 13.9. The van der Waals surface area contributed by atoms with Crippen molar-refractivity contribution < 1.29 is 9.59 Å². The molecule has 0 spiro atoms. The van der Waals surface area contributed by atoms with Crippen molar-refractivity contribution in [3.8, 4) is 0 Å². The Morgan fingerprint density at radius 3 is 2.50 bits per heavy atom. The second-order valence-corrected chi connectivity index (χ2v) is 11.4. The molecule has 2 aromatic rings. The summed E-state index contributed by atoms with van der Waals surface area (Å²) in [6.07, 6.45) is 8.79. The largest absolute Gasteiger partial charge is 0.351 e. The molecule has 188 valence electrons. The van der Waals surface area contributed by atoms with Crippen LogP contribution in [0.3, 0.4) is 0 Å². The van der Waals surface area contributed by atoms with Crippen LogP contribution in [0.25, 0.3) is 10.2 Å². The lowest BCUT2D eigenvalue weighted by molar-refractivity contribution is -0.133. The minimum Gasteiger partial charge on any atom is -0.351 e. The molecule has 1 aliphatic carbocycles. The summed E-state index contributed by atoms with van der Waals surface area (Å²) in [5.74, 6) is -0.000189. The number of aromatic nitrogens is 1. The fourth-order valence-electron chi connectivity index (χ4n) is 5.67. The number of carbonyl (C=O) groups excluding carboxylic acids is 2. The molecule has 6 nitrogen and oxygen atoms in total. The Bertz CT molecular complexity index is 1000. The minimum absolute atomic E-state index is 0.00836. The summed E-state index contributed by atoms with van der Waals surface area (Å²) < 4.78 is 3.26. The molecule has 3 heterocycles. The average molecular weight is 487 g/mol. The monoisotopic (exact) mass is 486 g/mol. The zero-order valence-electron chi connectivity index (χ0n) is 21.5. The van der Waals surface area contributed by atoms with E-state index in [0.717, 1.165) is 61.2 Å². The predicted molar refractivity (Wildman–Crippen MR) is 141 cm³/mol. The third-order valence-electron chi connectivity index (χ3n) is 7.95. The Morgan fingerprint density at radius 2 is 1.85 bits per heavy atom. The Morgan fingerprint density at radius 1 is 1.15 bits per heavy atom. The third kappa shape index (κ3) is 4.92. The number of aryl methyl sites for hydroxylation is 1. The molecule has 1 saturated carbocycles. The van der Waals surface area contributed by atoms with Gasteiger partial charge in [-0.1, -0.05) is 46.5 Å². The van der Waals surface area contributed by atoms with Crippen LogP contribution in [-0.4, -0.2) is 63.9 Å². The van der Waals surface area contributed by atoms with E-state index in [0.29, 0.717) is 13.1 Å². The van der Waals surface area contributed by atoms with Crippen LogP contribution in [0.5, 0.6) is 0 Å². The second kappa shape index (κ2) is 10.8. The molecular weight excluding hydrogens is 444 g/mol. The van der Waals surface area contributed by atoms with Gasteiger partial charge in [-0.3, -0.25) is 9.59 Å². The summed E-state index contributed by atoms with van der Waals surface area (Å²) >= 11 is 1.76. The molecule has 0 saturated heterocycles. The summed E-state index contributed by atoms with van der Waals surface area (Å²) in [6, 6.07) is 4.47. The molecule has 0 unspecified atom stereocenters. The summed E-state index contributed by atoms with van der Waals surface area (Å²) in [6.45, 7) is 12.5. The van der Waals surface area contributed by atoms with Crippen LogP contribution in [-0.2, 0) is 17.8 Å². The highest BCUT2D eigenvalue weighted by molar-refractivity contribution is 7.19. The average Bonchev–Trinajstić information content (AvgIpc) is 3.27. The van der Waals surface area contributed by atoms with Crippen molar-refractivity contribution in [1.82, 2.24) is 19.7 Å². The standard InChI is InChI=1S/C27H42N4O2S/c1-5-21-17-22-24(34-21)18-23-25(32)31(16-12-15-29(6-2)7-3)27(4,19-30(22)23)26(33)28-20-13-10-8-9-11-14-20/h17-18,20H,5-16,19H2,1-4H3,(H,28,33)/t27-/m0/s1. The van der Waals surface area contributed by atoms with Crippen molar-refractivity contribution in [1.29, 1.82) is 0 Å². The lowest BCUT2D eigenvalue weighted by Crippen LogP contribution is -2.65. The Balaban J connectivity index is 1.63. The van der Waals surface area contributed by atoms with E-state index in [2.05, 4.69) is 41.6 Å². The van der Waals surface area contributed by atoms with Crippen LogP contribution in [0, 0.1) is 0 Å². The Labute approximate surface area is 208 Å². The number of fused-ring (bicyclic) bond motifs is 3. The van der Waals surface area contributed by atoms with Gasteiger partial charge in [-0.2, -0.15) is 0 Å². The van der Waals surface area contributed by atoms with Crippen molar-refractivity contribution in [3.63, 3.8) is 0 Å². The lowest BCUT2D eigenvalue weighted by atomic mass is 9.93. The van der Waals surface area contributed by atoms with Gasteiger partial charge in [0.2, 0.25) is 5.91 Å². The first-order valence-corrected chi connectivity index (χ1v) is 14.2. The number of hydrogen-bond acceptors (Lipinski definition) is 4. The molecule has 2 aromatic heterocycles. The van der Waals surface area contributed by atoms with Gasteiger partial charge in [0, 0.05) is 17.5 Å². The zero-order valence-corrected chi connectivity index (χ0v) is 22.3. The molecule has 4 rings (SSSR count). The fraction of sp³-hybridized carbons (Fsp3) is 0.704. The van der Waals surface area contributed by atoms with E-state index in [4.69, 9.17) is 0 Å². The predicted octanol–water partition coefficient (Wildman–Crippen LogP) is 5.05. The first-order chi connectivity index (χ1) is 16.4. The van der Waals surface area contributed by atoms with E-state index in [1.807, 2.05) is 17.9 Å². The van der Waals surface area contributed by atoms with Gasteiger partial charge in [-0.25, -0.2) is 0 Å². The number of rotatable bonds is 9. The van der Waals surface area contributed by atoms with E-state index >= 15 is 0 Å². The maximum atomic E-state index is 13.9. The number of nitrogens with one attached hydrogen (secondary N) is 1. The van der Waals surface area contributed by atoms with Crippen molar-refractivity contribution >= 4 is 33.4 Å². The van der Waals surface area contributed by atoms with Crippen molar-refractivity contribution in [2.75, 3.05) is 26.2 Å². The number of nitrogens with zero attached hydrogens (tertiary/aromatic N) is 3. The molecule has 7 heteroatoms. The molecule has 2 amide bonds. The van der Waals surface area contributed by atoms with Gasteiger partial charge in [0.1, 0.15) is 11.2 Å². The van der Waals surface area contributed by atoms with Crippen molar-refractivity contribution in [2.24, 2.45) is 0 Å². The first kappa shape index (κ1) is 25.2. The van der Waals surface area contributed by atoms with Gasteiger partial charge < -0.3 is 19.7 Å². The molecule has 0 bridgehead atoms. The normalized spacial score (nSPS) is 21.8. The van der Waals surface area contributed by atoms with E-state index in [1.165, 1.54) is 30.6 Å². The SMILES string of the molecule is CCc1cc2c(cc3n2C[C@@](C)(C(=O)NC2CCCCCC2)N(CCCN(CC)CC)C3=O)s1. The quantitative estimate of drug-likeness (QED) is 0.505. The molecule has 1 aliphatic heterocycles. The highest BCUT2D eigenvalue weighted by Gasteiger charge is 2.48. The topological polar surface area (TPSA) is 57.6 Å². The summed E-state index contributed by atoms with van der Waals surface area (Å²) in [5, 5.41) is 3.37. The van der Waals surface area contributed by atoms with Gasteiger partial charge in [-0.15, -0.1) is 11.3 Å². The fourth-order valence-corrected chi connectivity index (χ4v) is 6.71.